The number of rotatable bonds is 5. The van der Waals surface area contributed by atoms with Gasteiger partial charge in [-0.15, -0.1) is 11.3 Å². The lowest BCUT2D eigenvalue weighted by atomic mass is 10.2. The smallest absolute Gasteiger partial charge is 0.251 e. The van der Waals surface area contributed by atoms with E-state index in [9.17, 15) is 9.59 Å². The third-order valence-corrected chi connectivity index (χ3v) is 4.20. The molecule has 7 heteroatoms. The first-order valence-electron chi connectivity index (χ1n) is 7.68. The number of carbonyl (C=O) groups is 2. The molecule has 2 amide bonds. The van der Waals surface area contributed by atoms with E-state index < -0.39 is 0 Å². The number of amides is 2. The van der Waals surface area contributed by atoms with Crippen molar-refractivity contribution in [2.24, 2.45) is 0 Å². The number of nitrogens with one attached hydrogen (secondary N) is 2. The van der Waals surface area contributed by atoms with E-state index in [0.717, 1.165) is 10.7 Å². The fourth-order valence-corrected chi connectivity index (χ4v) is 2.87. The number of nitrogens with zero attached hydrogens (tertiary/aromatic N) is 1. The Kier molecular flexibility index (Phi) is 4.95. The van der Waals surface area contributed by atoms with Gasteiger partial charge in [0.2, 0.25) is 5.91 Å². The fraction of sp³-hybridized carbons (Fsp3) is 0.167. The van der Waals surface area contributed by atoms with E-state index in [1.54, 1.807) is 35.6 Å². The second-order valence-electron chi connectivity index (χ2n) is 5.46. The minimum atomic E-state index is -0.211. The SMILES string of the molecule is CC(=O)Nc1ccc(C(=O)NCc2ccc(-c3csc(C)n3)o2)cc1. The Hall–Kier alpha value is -2.93. The molecule has 3 rings (SSSR count). The van der Waals surface area contributed by atoms with E-state index in [4.69, 9.17) is 4.42 Å². The van der Waals surface area contributed by atoms with Crippen LogP contribution < -0.4 is 10.6 Å². The van der Waals surface area contributed by atoms with Gasteiger partial charge >= 0.3 is 0 Å². The van der Waals surface area contributed by atoms with Crippen molar-refractivity contribution in [2.45, 2.75) is 20.4 Å². The van der Waals surface area contributed by atoms with Crippen LogP contribution in [0.2, 0.25) is 0 Å². The molecule has 0 unspecified atom stereocenters. The molecule has 1 aromatic carbocycles. The van der Waals surface area contributed by atoms with E-state index in [-0.39, 0.29) is 18.4 Å². The highest BCUT2D eigenvalue weighted by Gasteiger charge is 2.10. The first kappa shape index (κ1) is 16.9. The highest BCUT2D eigenvalue weighted by Crippen LogP contribution is 2.23. The van der Waals surface area contributed by atoms with Gasteiger partial charge in [0.15, 0.2) is 5.76 Å². The molecule has 0 saturated heterocycles. The average Bonchev–Trinajstić information content (AvgIpc) is 3.21. The molecule has 6 nitrogen and oxygen atoms in total. The summed E-state index contributed by atoms with van der Waals surface area (Å²) in [7, 11) is 0. The van der Waals surface area contributed by atoms with Gasteiger partial charge < -0.3 is 15.1 Å². The maximum absolute atomic E-state index is 12.2. The Morgan fingerprint density at radius 3 is 2.56 bits per heavy atom. The maximum atomic E-state index is 12.2. The van der Waals surface area contributed by atoms with Crippen LogP contribution in [0, 0.1) is 6.92 Å². The van der Waals surface area contributed by atoms with Crippen LogP contribution in [0.5, 0.6) is 0 Å². The van der Waals surface area contributed by atoms with Crippen LogP contribution >= 0.6 is 11.3 Å². The van der Waals surface area contributed by atoms with E-state index in [2.05, 4.69) is 15.6 Å². The maximum Gasteiger partial charge on any atom is 0.251 e. The quantitative estimate of drug-likeness (QED) is 0.732. The first-order valence-corrected chi connectivity index (χ1v) is 8.56. The molecule has 0 saturated carbocycles. The summed E-state index contributed by atoms with van der Waals surface area (Å²) in [5.74, 6) is 0.982. The summed E-state index contributed by atoms with van der Waals surface area (Å²) in [5, 5.41) is 8.38. The highest BCUT2D eigenvalue weighted by atomic mass is 32.1. The number of thiazole rings is 1. The molecule has 0 aliphatic heterocycles. The summed E-state index contributed by atoms with van der Waals surface area (Å²) in [4.78, 5) is 27.5. The highest BCUT2D eigenvalue weighted by molar-refractivity contribution is 7.09. The van der Waals surface area contributed by atoms with Gasteiger partial charge in [0, 0.05) is 23.6 Å². The minimum Gasteiger partial charge on any atom is -0.458 e. The summed E-state index contributed by atoms with van der Waals surface area (Å²) < 4.78 is 5.71. The van der Waals surface area contributed by atoms with Gasteiger partial charge in [-0.3, -0.25) is 9.59 Å². The first-order chi connectivity index (χ1) is 12.0. The molecule has 0 spiro atoms. The topological polar surface area (TPSA) is 84.2 Å². The lowest BCUT2D eigenvalue weighted by Gasteiger charge is -2.05. The zero-order chi connectivity index (χ0) is 17.8. The molecule has 0 fully saturated rings. The van der Waals surface area contributed by atoms with Crippen LogP contribution in [-0.2, 0) is 11.3 Å². The molecule has 0 bridgehead atoms. The lowest BCUT2D eigenvalue weighted by molar-refractivity contribution is -0.114. The van der Waals surface area contributed by atoms with Crippen LogP contribution in [-0.4, -0.2) is 16.8 Å². The predicted molar refractivity (Wildman–Crippen MR) is 96.5 cm³/mol. The Morgan fingerprint density at radius 2 is 1.92 bits per heavy atom. The van der Waals surface area contributed by atoms with Crippen molar-refractivity contribution in [3.63, 3.8) is 0 Å². The zero-order valence-corrected chi connectivity index (χ0v) is 14.6. The predicted octanol–water partition coefficient (Wildman–Crippen LogP) is 3.60. The largest absolute Gasteiger partial charge is 0.458 e. The van der Waals surface area contributed by atoms with Crippen molar-refractivity contribution in [1.29, 1.82) is 0 Å². The molecular formula is C18H17N3O3S. The number of aryl methyl sites for hydroxylation is 1. The summed E-state index contributed by atoms with van der Waals surface area (Å²) >= 11 is 1.56. The number of furan rings is 1. The van der Waals surface area contributed by atoms with Crippen molar-refractivity contribution >= 4 is 28.8 Å². The number of anilines is 1. The zero-order valence-electron chi connectivity index (χ0n) is 13.8. The summed E-state index contributed by atoms with van der Waals surface area (Å²) in [6, 6.07) is 10.4. The molecule has 0 radical (unpaired) electrons. The van der Waals surface area contributed by atoms with Crippen molar-refractivity contribution in [3.05, 3.63) is 58.1 Å². The molecule has 0 aliphatic rings. The third-order valence-electron chi connectivity index (χ3n) is 3.42. The van der Waals surface area contributed by atoms with Crippen LogP contribution in [0.15, 0.2) is 46.2 Å². The molecule has 2 aromatic heterocycles. The molecule has 0 atom stereocenters. The standard InChI is InChI=1S/C18H17N3O3S/c1-11(22)20-14-5-3-13(4-6-14)18(23)19-9-15-7-8-17(24-15)16-10-25-12(2)21-16/h3-8,10H,9H2,1-2H3,(H,19,23)(H,20,22). The van der Waals surface area contributed by atoms with Gasteiger partial charge in [0.05, 0.1) is 11.6 Å². The number of benzene rings is 1. The number of aromatic nitrogens is 1. The molecule has 0 aliphatic carbocycles. The van der Waals surface area contributed by atoms with Gasteiger partial charge in [-0.25, -0.2) is 4.98 Å². The van der Waals surface area contributed by atoms with E-state index in [1.165, 1.54) is 6.92 Å². The third kappa shape index (κ3) is 4.33. The van der Waals surface area contributed by atoms with Gasteiger partial charge in [0.1, 0.15) is 11.5 Å². The second-order valence-corrected chi connectivity index (χ2v) is 6.52. The van der Waals surface area contributed by atoms with Crippen LogP contribution in [0.25, 0.3) is 11.5 Å². The second kappa shape index (κ2) is 7.31. The Labute approximate surface area is 148 Å². The van der Waals surface area contributed by atoms with Crippen molar-refractivity contribution in [1.82, 2.24) is 10.3 Å². The number of carbonyl (C=O) groups excluding carboxylic acids is 2. The number of hydrogen-bond donors (Lipinski definition) is 2. The fourth-order valence-electron chi connectivity index (χ4n) is 2.26. The van der Waals surface area contributed by atoms with Crippen LogP contribution in [0.3, 0.4) is 0 Å². The van der Waals surface area contributed by atoms with Crippen molar-refractivity contribution < 1.29 is 14.0 Å². The lowest BCUT2D eigenvalue weighted by Crippen LogP contribution is -2.22. The van der Waals surface area contributed by atoms with Gasteiger partial charge in [-0.1, -0.05) is 0 Å². The van der Waals surface area contributed by atoms with Crippen LogP contribution in [0.1, 0.15) is 28.0 Å². The molecule has 2 heterocycles. The Bertz CT molecular complexity index is 896. The van der Waals surface area contributed by atoms with Crippen molar-refractivity contribution in [2.75, 3.05) is 5.32 Å². The minimum absolute atomic E-state index is 0.152. The van der Waals surface area contributed by atoms with E-state index in [1.807, 2.05) is 24.4 Å². The number of hydrogen-bond acceptors (Lipinski definition) is 5. The van der Waals surface area contributed by atoms with Crippen molar-refractivity contribution in [3.8, 4) is 11.5 Å². The summed E-state index contributed by atoms with van der Waals surface area (Å²) in [6.07, 6.45) is 0. The summed E-state index contributed by atoms with van der Waals surface area (Å²) in [6.45, 7) is 3.66. The van der Waals surface area contributed by atoms with E-state index >= 15 is 0 Å². The van der Waals surface area contributed by atoms with Gasteiger partial charge in [-0.05, 0) is 43.3 Å². The van der Waals surface area contributed by atoms with Crippen LogP contribution in [0.4, 0.5) is 5.69 Å². The molecule has 25 heavy (non-hydrogen) atoms. The van der Waals surface area contributed by atoms with E-state index in [0.29, 0.717) is 22.8 Å². The monoisotopic (exact) mass is 355 g/mol. The Balaban J connectivity index is 1.59. The average molecular weight is 355 g/mol. The van der Waals surface area contributed by atoms with Gasteiger partial charge in [0.25, 0.3) is 5.91 Å². The molecular weight excluding hydrogens is 338 g/mol. The summed E-state index contributed by atoms with van der Waals surface area (Å²) in [5.41, 5.74) is 1.96. The molecule has 3 aromatic rings. The molecule has 2 N–H and O–H groups in total. The molecule has 128 valence electrons. The normalized spacial score (nSPS) is 10.5. The Morgan fingerprint density at radius 1 is 1.16 bits per heavy atom. The van der Waals surface area contributed by atoms with Gasteiger partial charge in [-0.2, -0.15) is 0 Å².